The third-order valence-electron chi connectivity index (χ3n) is 2.84. The van der Waals surface area contributed by atoms with Crippen LogP contribution in [0, 0.1) is 0 Å². The van der Waals surface area contributed by atoms with Crippen molar-refractivity contribution in [2.75, 3.05) is 6.26 Å². The predicted octanol–water partition coefficient (Wildman–Crippen LogP) is 2.82. The van der Waals surface area contributed by atoms with Crippen LogP contribution in [-0.2, 0) is 9.84 Å². The van der Waals surface area contributed by atoms with Gasteiger partial charge in [0.1, 0.15) is 5.69 Å². The van der Waals surface area contributed by atoms with E-state index in [-0.39, 0.29) is 15.6 Å². The van der Waals surface area contributed by atoms with E-state index >= 15 is 0 Å². The van der Waals surface area contributed by atoms with Crippen molar-refractivity contribution < 1.29 is 8.42 Å². The molecule has 0 unspecified atom stereocenters. The van der Waals surface area contributed by atoms with Gasteiger partial charge in [-0.2, -0.15) is 0 Å². The Balaban J connectivity index is 2.59. The summed E-state index contributed by atoms with van der Waals surface area (Å²) in [5, 5.41) is -0.132. The van der Waals surface area contributed by atoms with E-state index < -0.39 is 15.3 Å². The van der Waals surface area contributed by atoms with Gasteiger partial charge in [0, 0.05) is 6.26 Å². The summed E-state index contributed by atoms with van der Waals surface area (Å²) in [7, 11) is -3.49. The molecule has 0 spiro atoms. The molecule has 1 aliphatic carbocycles. The molecule has 1 aromatic rings. The lowest BCUT2D eigenvalue weighted by Crippen LogP contribution is -2.12. The second kappa shape index (κ2) is 4.51. The maximum atomic E-state index is 12.1. The lowest BCUT2D eigenvalue weighted by molar-refractivity contribution is 0.602. The molecule has 0 atom stereocenters. The Morgan fingerprint density at radius 2 is 1.95 bits per heavy atom. The van der Waals surface area contributed by atoms with E-state index in [2.05, 4.69) is 4.98 Å². The van der Waals surface area contributed by atoms with Crippen molar-refractivity contribution in [3.05, 3.63) is 45.6 Å². The minimum Gasteiger partial charge on any atom is -0.286 e. The molecule has 0 amide bonds. The summed E-state index contributed by atoms with van der Waals surface area (Å²) >= 11 is 7.07. The van der Waals surface area contributed by atoms with Crippen LogP contribution >= 0.6 is 22.9 Å². The Labute approximate surface area is 123 Å². The molecule has 0 aromatic heterocycles. The van der Waals surface area contributed by atoms with E-state index in [4.69, 9.17) is 11.6 Å². The van der Waals surface area contributed by atoms with E-state index in [0.29, 0.717) is 10.4 Å². The largest absolute Gasteiger partial charge is 0.286 e. The SMILES string of the molecule is CS(=O)(=O)c1cc(Cl)c(=O)c2nc3ccccc3sc1-2. The normalized spacial score (nSPS) is 12.1. The zero-order valence-electron chi connectivity index (χ0n) is 10.3. The molecule has 0 saturated carbocycles. The monoisotopic (exact) mass is 325 g/mol. The minimum atomic E-state index is -3.49. The molecular formula is C13H8ClNO3S2. The number of hydrogen-bond acceptors (Lipinski definition) is 5. The Morgan fingerprint density at radius 1 is 1.25 bits per heavy atom. The summed E-state index contributed by atoms with van der Waals surface area (Å²) in [5.41, 5.74) is 0.293. The summed E-state index contributed by atoms with van der Waals surface area (Å²) in [6.45, 7) is 0. The first-order chi connectivity index (χ1) is 9.38. The maximum Gasteiger partial charge on any atom is 0.224 e. The van der Waals surface area contributed by atoms with Crippen molar-refractivity contribution >= 4 is 43.0 Å². The van der Waals surface area contributed by atoms with E-state index in [1.165, 1.54) is 17.4 Å². The molecule has 0 N–H and O–H groups in total. The molecule has 0 fully saturated rings. The lowest BCUT2D eigenvalue weighted by atomic mass is 10.2. The second-order valence-corrected chi connectivity index (χ2v) is 7.76. The highest BCUT2D eigenvalue weighted by atomic mass is 35.5. The molecule has 0 bridgehead atoms. The number of hydrogen-bond donors (Lipinski definition) is 0. The first-order valence-electron chi connectivity index (χ1n) is 5.60. The average Bonchev–Trinajstić information content (AvgIpc) is 2.40. The van der Waals surface area contributed by atoms with Gasteiger partial charge in [-0.15, -0.1) is 11.3 Å². The van der Waals surface area contributed by atoms with Gasteiger partial charge >= 0.3 is 0 Å². The smallest absolute Gasteiger partial charge is 0.224 e. The number of fused-ring (bicyclic) bond motifs is 2. The van der Waals surface area contributed by atoms with Crippen molar-refractivity contribution in [1.29, 1.82) is 0 Å². The third kappa shape index (κ3) is 2.09. The Bertz CT molecular complexity index is 963. The first-order valence-corrected chi connectivity index (χ1v) is 8.68. The summed E-state index contributed by atoms with van der Waals surface area (Å²) in [4.78, 5) is 16.7. The molecule has 0 saturated heterocycles. The number of rotatable bonds is 1. The van der Waals surface area contributed by atoms with Crippen LogP contribution in [0.5, 0.6) is 0 Å². The number of halogens is 1. The fourth-order valence-electron chi connectivity index (χ4n) is 1.92. The van der Waals surface area contributed by atoms with Crippen molar-refractivity contribution in [2.45, 2.75) is 4.90 Å². The fourth-order valence-corrected chi connectivity index (χ4v) is 4.51. The quantitative estimate of drug-likeness (QED) is 0.645. The van der Waals surface area contributed by atoms with Gasteiger partial charge < -0.3 is 0 Å². The molecule has 1 aromatic carbocycles. The van der Waals surface area contributed by atoms with Crippen LogP contribution in [0.4, 0.5) is 0 Å². The number of nitrogens with zero attached hydrogens (tertiary/aromatic N) is 1. The van der Waals surface area contributed by atoms with E-state index in [9.17, 15) is 13.2 Å². The number of aromatic nitrogens is 1. The minimum absolute atomic E-state index is 0.0420. The van der Waals surface area contributed by atoms with Crippen LogP contribution in [-0.4, -0.2) is 19.7 Å². The molecule has 20 heavy (non-hydrogen) atoms. The number of para-hydroxylation sites is 1. The predicted molar refractivity (Wildman–Crippen MR) is 80.6 cm³/mol. The van der Waals surface area contributed by atoms with Gasteiger partial charge in [0.05, 0.1) is 25.0 Å². The van der Waals surface area contributed by atoms with Gasteiger partial charge in [-0.1, -0.05) is 23.7 Å². The molecule has 0 radical (unpaired) electrons. The topological polar surface area (TPSA) is 64.1 Å². The van der Waals surface area contributed by atoms with E-state index in [1.807, 2.05) is 12.1 Å². The van der Waals surface area contributed by atoms with Gasteiger partial charge in [0.15, 0.2) is 9.84 Å². The standard InChI is InChI=1S/C13H8ClNO3S2/c1-20(17,18)10-6-7(14)12(16)11-13(10)19-9-5-3-2-4-8(9)15-11/h2-6H,1H3. The average molecular weight is 326 g/mol. The molecule has 1 heterocycles. The zero-order chi connectivity index (χ0) is 14.5. The molecular weight excluding hydrogens is 318 g/mol. The van der Waals surface area contributed by atoms with E-state index in [1.54, 1.807) is 12.1 Å². The fraction of sp³-hybridized carbons (Fsp3) is 0.0769. The Kier molecular flexibility index (Phi) is 3.04. The highest BCUT2D eigenvalue weighted by molar-refractivity contribution is 7.91. The highest BCUT2D eigenvalue weighted by Gasteiger charge is 2.23. The first kappa shape index (κ1) is 13.5. The highest BCUT2D eigenvalue weighted by Crippen LogP contribution is 2.35. The van der Waals surface area contributed by atoms with Gasteiger partial charge in [0.2, 0.25) is 5.43 Å². The molecule has 7 heteroatoms. The molecule has 4 nitrogen and oxygen atoms in total. The summed E-state index contributed by atoms with van der Waals surface area (Å²) in [5.74, 6) is 0. The number of benzene rings is 2. The van der Waals surface area contributed by atoms with Crippen LogP contribution in [0.2, 0.25) is 5.02 Å². The molecule has 3 rings (SSSR count). The van der Waals surface area contributed by atoms with Crippen LogP contribution in [0.1, 0.15) is 0 Å². The summed E-state index contributed by atoms with van der Waals surface area (Å²) in [6.07, 6.45) is 1.09. The van der Waals surface area contributed by atoms with Crippen molar-refractivity contribution in [2.24, 2.45) is 0 Å². The van der Waals surface area contributed by atoms with Crippen molar-refractivity contribution in [3.8, 4) is 10.6 Å². The Hall–Kier alpha value is -1.50. The lowest BCUT2D eigenvalue weighted by Gasteiger charge is -2.10. The maximum absolute atomic E-state index is 12.1. The van der Waals surface area contributed by atoms with E-state index in [0.717, 1.165) is 11.0 Å². The van der Waals surface area contributed by atoms with Crippen molar-refractivity contribution in [1.82, 2.24) is 4.98 Å². The summed E-state index contributed by atoms with van der Waals surface area (Å²) < 4.78 is 24.5. The zero-order valence-corrected chi connectivity index (χ0v) is 12.6. The van der Waals surface area contributed by atoms with Gasteiger partial charge in [0.25, 0.3) is 0 Å². The van der Waals surface area contributed by atoms with Gasteiger partial charge in [-0.05, 0) is 18.2 Å². The molecule has 2 aliphatic rings. The van der Waals surface area contributed by atoms with Crippen LogP contribution in [0.3, 0.4) is 0 Å². The van der Waals surface area contributed by atoms with Crippen LogP contribution in [0.15, 0.2) is 40.0 Å². The van der Waals surface area contributed by atoms with Crippen molar-refractivity contribution in [3.63, 3.8) is 0 Å². The van der Waals surface area contributed by atoms with Gasteiger partial charge in [-0.25, -0.2) is 13.4 Å². The molecule has 102 valence electrons. The number of sulfone groups is 1. The van der Waals surface area contributed by atoms with Crippen LogP contribution in [0.25, 0.3) is 20.8 Å². The van der Waals surface area contributed by atoms with Crippen LogP contribution < -0.4 is 5.43 Å². The summed E-state index contributed by atoms with van der Waals surface area (Å²) in [6, 6.07) is 8.44. The third-order valence-corrected chi connectivity index (χ3v) is 5.55. The van der Waals surface area contributed by atoms with Gasteiger partial charge in [-0.3, -0.25) is 4.79 Å². The Morgan fingerprint density at radius 3 is 2.65 bits per heavy atom. The molecule has 1 aliphatic heterocycles. The second-order valence-electron chi connectivity index (χ2n) is 4.32.